The molecule has 0 fully saturated rings. The normalized spacial score (nSPS) is 13.8. The Bertz CT molecular complexity index is 1660. The van der Waals surface area contributed by atoms with E-state index in [2.05, 4.69) is 37.3 Å². The summed E-state index contributed by atoms with van der Waals surface area (Å²) < 4.78 is 0. The van der Waals surface area contributed by atoms with E-state index in [4.69, 9.17) is 23.8 Å². The fourth-order valence-corrected chi connectivity index (χ4v) is 5.27. The topological polar surface area (TPSA) is 142 Å². The fourth-order valence-electron chi connectivity index (χ4n) is 4.91. The third kappa shape index (κ3) is 7.91. The van der Waals surface area contributed by atoms with E-state index in [0.29, 0.717) is 10.6 Å². The first-order valence-electron chi connectivity index (χ1n) is 13.9. The Balaban J connectivity index is 1.46. The molecule has 1 aliphatic rings. The Morgan fingerprint density at radius 2 is 1.84 bits per heavy atom. The van der Waals surface area contributed by atoms with Crippen molar-refractivity contribution >= 4 is 52.3 Å². The highest BCUT2D eigenvalue weighted by molar-refractivity contribution is 7.79. The van der Waals surface area contributed by atoms with Crippen LogP contribution >= 0.6 is 23.8 Å². The molecule has 11 nitrogen and oxygen atoms in total. The second-order valence-electron chi connectivity index (χ2n) is 10.1. The van der Waals surface area contributed by atoms with Gasteiger partial charge in [-0.3, -0.25) is 20.2 Å². The number of aromatic nitrogens is 4. The van der Waals surface area contributed by atoms with Gasteiger partial charge in [-0.25, -0.2) is 0 Å². The lowest BCUT2D eigenvalue weighted by Gasteiger charge is -2.29. The van der Waals surface area contributed by atoms with Gasteiger partial charge < -0.3 is 10.2 Å². The molecule has 1 heterocycles. The Morgan fingerprint density at radius 1 is 1.09 bits per heavy atom. The van der Waals surface area contributed by atoms with Gasteiger partial charge >= 0.3 is 0 Å². The Kier molecular flexibility index (Phi) is 10.1. The lowest BCUT2D eigenvalue weighted by molar-refractivity contribution is -0.403. The van der Waals surface area contributed by atoms with E-state index in [9.17, 15) is 14.9 Å². The standard InChI is InChI=1S/C31H29ClN8O3S/c32-26-14-10-24(11-15-26)28(20-44)33-29(19-40(42)43)39(27-16-12-23(13-17-27)22-4-2-1-3-5-22)18-21-6-8-25(9-7-21)30(41)34-31-35-37-38-36-31/h4,6-17,19-20,28,33H,1-3,5,18H2,(H2,34,35,36,37,38,41)/b29-19-. The molecule has 3 aromatic carbocycles. The molecule has 0 aliphatic heterocycles. The van der Waals surface area contributed by atoms with Crippen molar-refractivity contribution in [3.05, 3.63) is 128 Å². The molecular weight excluding hydrogens is 600 g/mol. The van der Waals surface area contributed by atoms with Crippen molar-refractivity contribution in [2.75, 3.05) is 10.2 Å². The molecule has 1 atom stereocenters. The second-order valence-corrected chi connectivity index (χ2v) is 10.8. The number of hydrogen-bond donors (Lipinski definition) is 3. The number of halogens is 1. The number of anilines is 2. The SMILES string of the molecule is O=C(Nc1nn[nH]n1)c1ccc(CN(/C(=C\[N+](=O)[O-])NC(C=S)c2ccc(Cl)cc2)c2ccc(C3=CCCCC3)cc2)cc1. The minimum absolute atomic E-state index is 0.0621. The van der Waals surface area contributed by atoms with Gasteiger partial charge in [0.15, 0.2) is 5.82 Å². The largest absolute Gasteiger partial charge is 0.355 e. The lowest BCUT2D eigenvalue weighted by Crippen LogP contribution is -2.35. The zero-order valence-corrected chi connectivity index (χ0v) is 25.1. The molecule has 224 valence electrons. The number of nitrogens with zero attached hydrogens (tertiary/aromatic N) is 5. The summed E-state index contributed by atoms with van der Waals surface area (Å²) in [5, 5.41) is 33.0. The minimum Gasteiger partial charge on any atom is -0.355 e. The first-order chi connectivity index (χ1) is 21.4. The maximum atomic E-state index is 12.6. The Labute approximate surface area is 264 Å². The van der Waals surface area contributed by atoms with Gasteiger partial charge in [-0.05, 0) is 89.6 Å². The van der Waals surface area contributed by atoms with Gasteiger partial charge in [0.05, 0.1) is 11.0 Å². The number of carbonyl (C=O) groups is 1. The van der Waals surface area contributed by atoms with Gasteiger partial charge in [0.2, 0.25) is 0 Å². The summed E-state index contributed by atoms with van der Waals surface area (Å²) in [4.78, 5) is 25.8. The van der Waals surface area contributed by atoms with Crippen LogP contribution in [0.15, 0.2) is 90.9 Å². The molecule has 1 amide bonds. The van der Waals surface area contributed by atoms with Gasteiger partial charge in [0.25, 0.3) is 18.1 Å². The quantitative estimate of drug-likeness (QED) is 0.0913. The molecular formula is C31H29ClN8O3S. The van der Waals surface area contributed by atoms with Crippen molar-refractivity contribution < 1.29 is 9.72 Å². The minimum atomic E-state index is -0.515. The van der Waals surface area contributed by atoms with Crippen LogP contribution in [0.1, 0.15) is 58.8 Å². The van der Waals surface area contributed by atoms with Crippen molar-refractivity contribution in [2.45, 2.75) is 38.3 Å². The summed E-state index contributed by atoms with van der Waals surface area (Å²) in [6, 6.07) is 21.5. The third-order valence-corrected chi connectivity index (χ3v) is 7.68. The molecule has 1 aliphatic carbocycles. The van der Waals surface area contributed by atoms with E-state index in [1.54, 1.807) is 36.4 Å². The van der Waals surface area contributed by atoms with E-state index in [-0.39, 0.29) is 18.3 Å². The molecule has 0 saturated carbocycles. The fraction of sp³-hybridized carbons (Fsp3) is 0.194. The highest BCUT2D eigenvalue weighted by Crippen LogP contribution is 2.30. The van der Waals surface area contributed by atoms with Crippen molar-refractivity contribution in [1.29, 1.82) is 0 Å². The molecule has 1 unspecified atom stereocenters. The van der Waals surface area contributed by atoms with E-state index in [0.717, 1.165) is 47.8 Å². The number of rotatable bonds is 12. The molecule has 5 rings (SSSR count). The number of nitro groups is 1. The van der Waals surface area contributed by atoms with E-state index in [1.165, 1.54) is 17.4 Å². The van der Waals surface area contributed by atoms with Crippen LogP contribution in [-0.2, 0) is 6.54 Å². The molecule has 3 N–H and O–H groups in total. The number of tetrazole rings is 1. The van der Waals surface area contributed by atoms with Crippen LogP contribution in [-0.4, -0.2) is 36.8 Å². The number of allylic oxidation sites excluding steroid dienone is 2. The number of nitrogens with one attached hydrogen (secondary N) is 3. The molecule has 1 aromatic heterocycles. The van der Waals surface area contributed by atoms with Crippen LogP contribution in [0.3, 0.4) is 0 Å². The average molecular weight is 629 g/mol. The average Bonchev–Trinajstić information content (AvgIpc) is 3.56. The van der Waals surface area contributed by atoms with Crippen LogP contribution in [0.4, 0.5) is 11.6 Å². The highest BCUT2D eigenvalue weighted by atomic mass is 35.5. The molecule has 0 saturated heterocycles. The van der Waals surface area contributed by atoms with E-state index < -0.39 is 16.9 Å². The molecule has 0 bridgehead atoms. The summed E-state index contributed by atoms with van der Waals surface area (Å²) in [6.07, 6.45) is 7.67. The Morgan fingerprint density at radius 3 is 2.45 bits per heavy atom. The molecule has 4 aromatic rings. The zero-order chi connectivity index (χ0) is 30.9. The number of hydrogen-bond acceptors (Lipinski definition) is 9. The van der Waals surface area contributed by atoms with Gasteiger partial charge in [-0.1, -0.05) is 71.4 Å². The summed E-state index contributed by atoms with van der Waals surface area (Å²) in [5.74, 6) is -0.100. The summed E-state index contributed by atoms with van der Waals surface area (Å²) in [6.45, 7) is 0.256. The van der Waals surface area contributed by atoms with Crippen molar-refractivity contribution in [2.24, 2.45) is 0 Å². The highest BCUT2D eigenvalue weighted by Gasteiger charge is 2.21. The number of carbonyl (C=O) groups excluding carboxylic acids is 1. The smallest absolute Gasteiger partial charge is 0.274 e. The number of thiocarbonyl (C=S) groups is 1. The number of aromatic amines is 1. The first-order valence-corrected chi connectivity index (χ1v) is 14.8. The van der Waals surface area contributed by atoms with Crippen LogP contribution in [0.2, 0.25) is 5.02 Å². The predicted octanol–water partition coefficient (Wildman–Crippen LogP) is 6.48. The van der Waals surface area contributed by atoms with Crippen molar-refractivity contribution in [3.63, 3.8) is 0 Å². The molecule has 0 spiro atoms. The zero-order valence-electron chi connectivity index (χ0n) is 23.5. The molecule has 13 heteroatoms. The third-order valence-electron chi connectivity index (χ3n) is 7.16. The van der Waals surface area contributed by atoms with Gasteiger partial charge in [-0.2, -0.15) is 5.21 Å². The maximum Gasteiger partial charge on any atom is 0.274 e. The van der Waals surface area contributed by atoms with Crippen LogP contribution in [0.25, 0.3) is 5.57 Å². The van der Waals surface area contributed by atoms with Crippen LogP contribution < -0.4 is 15.5 Å². The summed E-state index contributed by atoms with van der Waals surface area (Å²) >= 11 is 11.4. The number of amides is 1. The lowest BCUT2D eigenvalue weighted by atomic mass is 9.93. The van der Waals surface area contributed by atoms with Crippen LogP contribution in [0.5, 0.6) is 0 Å². The molecule has 0 radical (unpaired) electrons. The predicted molar refractivity (Wildman–Crippen MR) is 174 cm³/mol. The first kappa shape index (κ1) is 30.5. The number of H-pyrrole nitrogens is 1. The monoisotopic (exact) mass is 628 g/mol. The van der Waals surface area contributed by atoms with E-state index >= 15 is 0 Å². The Hall–Kier alpha value is -4.94. The number of benzene rings is 3. The van der Waals surface area contributed by atoms with Crippen molar-refractivity contribution in [1.82, 2.24) is 25.9 Å². The maximum absolute atomic E-state index is 12.6. The molecule has 44 heavy (non-hydrogen) atoms. The van der Waals surface area contributed by atoms with Gasteiger partial charge in [0, 0.05) is 28.2 Å². The van der Waals surface area contributed by atoms with Gasteiger partial charge in [0.1, 0.15) is 0 Å². The van der Waals surface area contributed by atoms with E-state index in [1.807, 2.05) is 41.3 Å². The second kappa shape index (κ2) is 14.5. The van der Waals surface area contributed by atoms with Crippen LogP contribution in [0, 0.1) is 10.1 Å². The summed E-state index contributed by atoms with van der Waals surface area (Å²) in [5.41, 5.74) is 5.18. The summed E-state index contributed by atoms with van der Waals surface area (Å²) in [7, 11) is 0. The van der Waals surface area contributed by atoms with Crippen molar-refractivity contribution in [3.8, 4) is 0 Å². The van der Waals surface area contributed by atoms with Gasteiger partial charge in [-0.15, -0.1) is 5.10 Å².